The van der Waals surface area contributed by atoms with E-state index in [1.807, 2.05) is 0 Å². The van der Waals surface area contributed by atoms with E-state index in [4.69, 9.17) is 0 Å². The predicted molar refractivity (Wildman–Crippen MR) is 300 cm³/mol. The lowest BCUT2D eigenvalue weighted by atomic mass is 9.57. The number of hydrogen-bond acceptors (Lipinski definition) is 4. The van der Waals surface area contributed by atoms with Crippen molar-refractivity contribution in [2.24, 2.45) is 104 Å². The molecule has 4 nitrogen and oxygen atoms in total. The van der Waals surface area contributed by atoms with E-state index in [0.717, 1.165) is 89.4 Å². The summed E-state index contributed by atoms with van der Waals surface area (Å²) in [4.78, 5) is 7.44. The van der Waals surface area contributed by atoms with Crippen LogP contribution in [0.2, 0.25) is 0 Å². The minimum atomic E-state index is -1.72. The second kappa shape index (κ2) is 25.5. The van der Waals surface area contributed by atoms with Gasteiger partial charge in [-0.2, -0.15) is 0 Å². The molecule has 0 amide bonds. The third kappa shape index (κ3) is 14.3. The van der Waals surface area contributed by atoms with Crippen molar-refractivity contribution in [3.63, 3.8) is 0 Å². The lowest BCUT2D eigenvalue weighted by Crippen LogP contribution is -2.59. The standard InChI is InChI=1S/C14H27N.C13H26.C12H25N.C12H24OS.C10H21N/c1-10(2)14(11(3)4)12-6-7-13(14)9-15(5)8-12;1-10(2)13(11(3)4)8-6-12(5)7-9-13;1-10(2)12(11(3)4)6-8-13(5)9-7-12;1-10(2)12(11(3)4)6-8-14(5,13)9-7-12;1-8(2)10(9(3)4)6-11(5)7-10/h10-13H,6-9H2,1-5H3;10-12H,6-9H2,1-5H3;10-11H,6-9H2,1-5H3;10-11H,5-9H2,1-4H3;8-9H,6-7H2,1-5H3. The van der Waals surface area contributed by atoms with Crippen LogP contribution in [-0.4, -0.2) is 96.7 Å². The average Bonchev–Trinajstić information content (AvgIpc) is 3.43. The Morgan fingerprint density at radius 3 is 0.985 bits per heavy atom. The molecule has 66 heavy (non-hydrogen) atoms. The van der Waals surface area contributed by atoms with Crippen LogP contribution in [-0.2, 0) is 9.52 Å². The second-order valence-electron chi connectivity index (χ2n) is 27.7. The Morgan fingerprint density at radius 1 is 0.409 bits per heavy atom. The maximum Gasteiger partial charge on any atom is 0.0164 e. The number of fused-ring (bicyclic) bond motifs is 2. The van der Waals surface area contributed by atoms with Gasteiger partial charge in [-0.15, -0.1) is 0 Å². The summed E-state index contributed by atoms with van der Waals surface area (Å²) in [5.74, 6) is 16.6. The van der Waals surface area contributed by atoms with Crippen LogP contribution >= 0.6 is 0 Å². The van der Waals surface area contributed by atoms with Crippen LogP contribution in [0, 0.1) is 104 Å². The molecular weight excluding hydrogens is 823 g/mol. The first-order chi connectivity index (χ1) is 30.3. The zero-order valence-corrected chi connectivity index (χ0v) is 50.4. The van der Waals surface area contributed by atoms with E-state index in [0.29, 0.717) is 38.9 Å². The van der Waals surface area contributed by atoms with Crippen molar-refractivity contribution < 1.29 is 4.21 Å². The monoisotopic (exact) mass is 946 g/mol. The fourth-order valence-corrected chi connectivity index (χ4v) is 18.0. The van der Waals surface area contributed by atoms with Gasteiger partial charge in [-0.25, -0.2) is 0 Å². The summed E-state index contributed by atoms with van der Waals surface area (Å²) in [6, 6.07) is 0. The van der Waals surface area contributed by atoms with Gasteiger partial charge in [0.25, 0.3) is 0 Å². The van der Waals surface area contributed by atoms with E-state index in [9.17, 15) is 4.21 Å². The van der Waals surface area contributed by atoms with E-state index in [-0.39, 0.29) is 0 Å². The molecule has 5 heteroatoms. The summed E-state index contributed by atoms with van der Waals surface area (Å²) < 4.78 is 11.8. The second-order valence-corrected chi connectivity index (χ2v) is 30.5. The number of likely N-dealkylation sites (tertiary alicyclic amines) is 3. The molecule has 2 saturated carbocycles. The summed E-state index contributed by atoms with van der Waals surface area (Å²) in [5.41, 5.74) is 2.96. The molecule has 2 unspecified atom stereocenters. The smallest absolute Gasteiger partial charge is 0.0164 e. The molecule has 2 aliphatic carbocycles. The van der Waals surface area contributed by atoms with Gasteiger partial charge in [0.15, 0.2) is 0 Å². The summed E-state index contributed by atoms with van der Waals surface area (Å²) >= 11 is 0. The van der Waals surface area contributed by atoms with Gasteiger partial charge in [-0.1, -0.05) is 158 Å². The molecule has 0 spiro atoms. The minimum absolute atomic E-state index is 0.415. The zero-order valence-electron chi connectivity index (χ0n) is 49.6. The molecule has 6 fully saturated rings. The van der Waals surface area contributed by atoms with Crippen LogP contribution < -0.4 is 0 Å². The summed E-state index contributed by atoms with van der Waals surface area (Å²) in [6.45, 7) is 57.9. The summed E-state index contributed by atoms with van der Waals surface area (Å²) in [5, 5.41) is 0. The van der Waals surface area contributed by atoms with Crippen molar-refractivity contribution in [3.05, 3.63) is 0 Å². The molecule has 0 aromatic carbocycles. The Labute approximate surface area is 417 Å². The molecule has 6 rings (SSSR count). The summed E-state index contributed by atoms with van der Waals surface area (Å²) in [6.07, 6.45) is 13.8. The van der Waals surface area contributed by atoms with Crippen LogP contribution in [0.4, 0.5) is 0 Å². The van der Waals surface area contributed by atoms with Gasteiger partial charge < -0.3 is 14.7 Å². The molecule has 4 saturated heterocycles. The lowest BCUT2D eigenvalue weighted by molar-refractivity contribution is -0.0566. The highest BCUT2D eigenvalue weighted by molar-refractivity contribution is 8.00. The molecule has 0 aromatic heterocycles. The molecule has 0 radical (unpaired) electrons. The Bertz CT molecular complexity index is 1350. The van der Waals surface area contributed by atoms with E-state index >= 15 is 0 Å². The lowest BCUT2D eigenvalue weighted by Gasteiger charge is -2.54. The largest absolute Gasteiger partial charge is 0.306 e. The molecule has 4 heterocycles. The fourth-order valence-electron chi connectivity index (χ4n) is 16.2. The SMILES string of the molecule is C=S1(=O)CCC(C(C)C)(C(C)C)CC1.CC(C)C1(C(C)C)C2CCC1CN(C)C2.CC(C)C1(C(C)C)CCN(C)CC1.CC(C)C1(C(C)C)CN(C)C1.CC1CCC(C(C)C)(C(C)C)CC1. The van der Waals surface area contributed by atoms with E-state index < -0.39 is 9.52 Å². The van der Waals surface area contributed by atoms with Crippen LogP contribution in [0.3, 0.4) is 0 Å². The molecule has 0 N–H and O–H groups in total. The number of rotatable bonds is 10. The van der Waals surface area contributed by atoms with Gasteiger partial charge in [0.1, 0.15) is 0 Å². The average molecular weight is 947 g/mol. The molecule has 394 valence electrons. The topological polar surface area (TPSA) is 26.8 Å². The fraction of sp³-hybridized carbons (Fsp3) is 0.984. The molecule has 0 aromatic rings. The maximum absolute atomic E-state index is 11.8. The van der Waals surface area contributed by atoms with Crippen molar-refractivity contribution in [2.45, 2.75) is 210 Å². The van der Waals surface area contributed by atoms with E-state index in [2.05, 4.69) is 187 Å². The van der Waals surface area contributed by atoms with Crippen LogP contribution in [0.25, 0.3) is 0 Å². The van der Waals surface area contributed by atoms with Crippen molar-refractivity contribution in [2.75, 3.05) is 71.9 Å². The van der Waals surface area contributed by atoms with Crippen molar-refractivity contribution in [1.29, 1.82) is 0 Å². The number of hydrogen-bond donors (Lipinski definition) is 0. The Balaban J connectivity index is 0.000000284. The Hall–Kier alpha value is -0.100. The van der Waals surface area contributed by atoms with Crippen LogP contribution in [0.15, 0.2) is 0 Å². The third-order valence-electron chi connectivity index (χ3n) is 21.7. The molecular formula is C61H123N3OS. The van der Waals surface area contributed by atoms with Crippen molar-refractivity contribution >= 4 is 15.4 Å². The van der Waals surface area contributed by atoms with Gasteiger partial charge in [-0.3, -0.25) is 4.21 Å². The van der Waals surface area contributed by atoms with Crippen LogP contribution in [0.5, 0.6) is 0 Å². The number of nitrogens with zero attached hydrogens (tertiary/aromatic N) is 3. The summed E-state index contributed by atoms with van der Waals surface area (Å²) in [7, 11) is 5.03. The molecule has 2 atom stereocenters. The van der Waals surface area contributed by atoms with Gasteiger partial charge in [0.05, 0.1) is 0 Å². The normalized spacial score (nSPS) is 27.1. The van der Waals surface area contributed by atoms with E-state index in [1.165, 1.54) is 90.6 Å². The highest BCUT2D eigenvalue weighted by Gasteiger charge is 2.56. The quantitative estimate of drug-likeness (QED) is 0.204. The molecule has 6 aliphatic rings. The van der Waals surface area contributed by atoms with Crippen LogP contribution in [0.1, 0.15) is 210 Å². The first-order valence-corrected chi connectivity index (χ1v) is 30.7. The Kier molecular flexibility index (Phi) is 24.0. The predicted octanol–water partition coefficient (Wildman–Crippen LogP) is 15.8. The molecule has 2 bridgehead atoms. The zero-order chi connectivity index (χ0) is 51.0. The number of piperidine rings is 2. The highest BCUT2D eigenvalue weighted by atomic mass is 32.2. The first-order valence-electron chi connectivity index (χ1n) is 28.6. The first kappa shape index (κ1) is 62.0. The van der Waals surface area contributed by atoms with Crippen molar-refractivity contribution in [3.8, 4) is 0 Å². The maximum atomic E-state index is 11.8. The third-order valence-corrected chi connectivity index (χ3v) is 23.6. The Morgan fingerprint density at radius 2 is 0.712 bits per heavy atom. The van der Waals surface area contributed by atoms with Crippen molar-refractivity contribution in [1.82, 2.24) is 14.7 Å². The van der Waals surface area contributed by atoms with Gasteiger partial charge >= 0.3 is 0 Å². The van der Waals surface area contributed by atoms with Gasteiger partial charge in [0, 0.05) is 43.1 Å². The molecule has 4 aliphatic heterocycles. The van der Waals surface area contributed by atoms with E-state index in [1.54, 1.807) is 0 Å². The van der Waals surface area contributed by atoms with Gasteiger partial charge in [-0.05, 0) is 200 Å². The van der Waals surface area contributed by atoms with Gasteiger partial charge in [0.2, 0.25) is 0 Å². The minimum Gasteiger partial charge on any atom is -0.306 e. The highest BCUT2D eigenvalue weighted by Crippen LogP contribution is 2.59.